The molecule has 0 saturated carbocycles. The van der Waals surface area contributed by atoms with Crippen LogP contribution in [-0.2, 0) is 16.7 Å². The number of hydrogen-bond acceptors (Lipinski definition) is 4. The van der Waals surface area contributed by atoms with Crippen LogP contribution in [-0.4, -0.2) is 18.9 Å². The van der Waals surface area contributed by atoms with Crippen molar-refractivity contribution in [2.75, 3.05) is 5.73 Å². The molecule has 0 saturated heterocycles. The van der Waals surface area contributed by atoms with Crippen LogP contribution < -0.4 is 5.73 Å². The predicted octanol–water partition coefficient (Wildman–Crippen LogP) is 1.74. The van der Waals surface area contributed by atoms with Crippen molar-refractivity contribution in [2.24, 2.45) is 0 Å². The van der Waals surface area contributed by atoms with Crippen LogP contribution in [0.2, 0.25) is 0 Å². The van der Waals surface area contributed by atoms with Crippen LogP contribution in [0.25, 0.3) is 0 Å². The molecule has 0 spiro atoms. The van der Waals surface area contributed by atoms with E-state index in [4.69, 9.17) is 5.73 Å². The van der Waals surface area contributed by atoms with Gasteiger partial charge in [-0.2, -0.15) is 8.42 Å². The van der Waals surface area contributed by atoms with Gasteiger partial charge in [-0.05, 0) is 30.5 Å². The molecule has 0 unspecified atom stereocenters. The molecule has 0 atom stereocenters. The lowest BCUT2D eigenvalue weighted by molar-refractivity contribution is 0.477. The van der Waals surface area contributed by atoms with Crippen molar-refractivity contribution in [2.45, 2.75) is 32.6 Å². The van der Waals surface area contributed by atoms with E-state index in [1.54, 1.807) is 12.1 Å². The first-order chi connectivity index (χ1) is 8.04. The van der Waals surface area contributed by atoms with Crippen molar-refractivity contribution in [3.63, 3.8) is 0 Å². The summed E-state index contributed by atoms with van der Waals surface area (Å²) in [5.74, 6) is -0.0595. The Morgan fingerprint density at radius 3 is 2.65 bits per heavy atom. The number of benzene rings is 1. The summed E-state index contributed by atoms with van der Waals surface area (Å²) in [5, 5.41) is 10.6. The van der Waals surface area contributed by atoms with E-state index in [1.165, 1.54) is 0 Å². The normalized spacial score (nSPS) is 10.2. The molecule has 0 amide bonds. The van der Waals surface area contributed by atoms with Crippen molar-refractivity contribution in [1.29, 1.82) is 0 Å². The second-order valence-corrected chi connectivity index (χ2v) is 4.71. The van der Waals surface area contributed by atoms with Gasteiger partial charge in [0.05, 0.1) is 11.1 Å². The van der Waals surface area contributed by atoms with Gasteiger partial charge in [0.15, 0.2) is 0 Å². The maximum absolute atomic E-state index is 10.6. The van der Waals surface area contributed by atoms with E-state index < -0.39 is 10.3 Å². The maximum Gasteiger partial charge on any atom is 0.214 e. The third-order valence-corrected chi connectivity index (χ3v) is 2.99. The average molecular weight is 255 g/mol. The Hall–Kier alpha value is -1.49. The molecule has 1 rings (SSSR count). The zero-order chi connectivity index (χ0) is 12.8. The lowest BCUT2D eigenvalue weighted by atomic mass is 10.0. The summed E-state index contributed by atoms with van der Waals surface area (Å²) in [7, 11) is -2.32. The maximum atomic E-state index is 10.6. The molecule has 0 fully saturated rings. The van der Waals surface area contributed by atoms with Crippen LogP contribution in [0.1, 0.15) is 37.3 Å². The number of aryl methyl sites for hydroxylation is 1. The number of hydrogen-bond donors (Lipinski definition) is 2. The molecule has 0 bridgehead atoms. The largest absolute Gasteiger partial charge is 0.506 e. The summed E-state index contributed by atoms with van der Waals surface area (Å²) in [6.07, 6.45) is 4.05. The van der Waals surface area contributed by atoms with Gasteiger partial charge in [0.2, 0.25) is 10.3 Å². The topological polar surface area (TPSA) is 80.4 Å². The monoisotopic (exact) mass is 255 g/mol. The van der Waals surface area contributed by atoms with Gasteiger partial charge in [0, 0.05) is 5.56 Å². The lowest BCUT2D eigenvalue weighted by Gasteiger charge is -2.07. The van der Waals surface area contributed by atoms with Gasteiger partial charge in [0.25, 0.3) is 0 Å². The Labute approximate surface area is 103 Å². The van der Waals surface area contributed by atoms with Crippen molar-refractivity contribution in [3.8, 4) is 5.75 Å². The van der Waals surface area contributed by atoms with Crippen LogP contribution >= 0.6 is 0 Å². The Morgan fingerprint density at radius 1 is 1.35 bits per heavy atom. The molecule has 0 radical (unpaired) electrons. The van der Waals surface area contributed by atoms with E-state index in [1.807, 2.05) is 0 Å². The minimum Gasteiger partial charge on any atom is -0.506 e. The first-order valence-corrected chi connectivity index (χ1v) is 6.72. The van der Waals surface area contributed by atoms with Gasteiger partial charge >= 0.3 is 0 Å². The molecular formula is C12H17NO3S. The van der Waals surface area contributed by atoms with Crippen LogP contribution in [0.5, 0.6) is 5.75 Å². The first kappa shape index (κ1) is 13.6. The third-order valence-electron chi connectivity index (χ3n) is 2.54. The van der Waals surface area contributed by atoms with Crippen LogP contribution in [0.3, 0.4) is 0 Å². The van der Waals surface area contributed by atoms with Crippen molar-refractivity contribution in [3.05, 3.63) is 23.3 Å². The Morgan fingerprint density at radius 2 is 2.06 bits per heavy atom. The average Bonchev–Trinajstić information content (AvgIpc) is 2.25. The fourth-order valence-electron chi connectivity index (χ4n) is 1.65. The molecule has 0 aliphatic heterocycles. The zero-order valence-corrected chi connectivity index (χ0v) is 10.6. The highest BCUT2D eigenvalue weighted by atomic mass is 32.2. The number of anilines is 1. The molecular weight excluding hydrogens is 238 g/mol. The highest BCUT2D eigenvalue weighted by Gasteiger charge is 2.06. The van der Waals surface area contributed by atoms with Gasteiger partial charge in [0.1, 0.15) is 5.75 Å². The number of unbranched alkanes of at least 4 members (excludes halogenated alkanes) is 2. The minimum atomic E-state index is -2.32. The number of nitrogens with two attached hydrogens (primary N) is 1. The van der Waals surface area contributed by atoms with Crippen molar-refractivity contribution < 1.29 is 13.5 Å². The third kappa shape index (κ3) is 4.11. The minimum absolute atomic E-state index is 0.0595. The molecule has 1 aromatic carbocycles. The summed E-state index contributed by atoms with van der Waals surface area (Å²) >= 11 is 0. The summed E-state index contributed by atoms with van der Waals surface area (Å²) in [6, 6.07) is 3.30. The molecule has 4 nitrogen and oxygen atoms in total. The van der Waals surface area contributed by atoms with Crippen LogP contribution in [0, 0.1) is 0 Å². The predicted molar refractivity (Wildman–Crippen MR) is 69.8 cm³/mol. The number of rotatable bonds is 5. The van der Waals surface area contributed by atoms with Crippen LogP contribution in [0.4, 0.5) is 5.69 Å². The standard InChI is InChI=1S/C12H17NO3S/c1-2-3-4-5-9-6-10(8-17(15)16)12(13)11(14)7-9/h6-8,14H,2-5,13H2,1H3. The molecule has 0 aliphatic carbocycles. The molecule has 17 heavy (non-hydrogen) atoms. The summed E-state index contributed by atoms with van der Waals surface area (Å²) in [4.78, 5) is 0. The molecule has 1 aromatic rings. The Kier molecular flexibility index (Phi) is 5.03. The van der Waals surface area contributed by atoms with E-state index in [2.05, 4.69) is 6.92 Å². The van der Waals surface area contributed by atoms with E-state index >= 15 is 0 Å². The smallest absolute Gasteiger partial charge is 0.214 e. The lowest BCUT2D eigenvalue weighted by Crippen LogP contribution is -1.97. The van der Waals surface area contributed by atoms with Gasteiger partial charge < -0.3 is 10.8 Å². The molecule has 94 valence electrons. The number of aromatic hydroxyl groups is 1. The van der Waals surface area contributed by atoms with E-state index in [9.17, 15) is 13.5 Å². The number of nitrogen functional groups attached to an aromatic ring is 1. The van der Waals surface area contributed by atoms with E-state index in [0.717, 1.165) is 36.6 Å². The number of phenols is 1. The second kappa shape index (κ2) is 6.30. The molecule has 0 aliphatic rings. The Balaban J connectivity index is 3.02. The zero-order valence-electron chi connectivity index (χ0n) is 9.81. The van der Waals surface area contributed by atoms with E-state index in [-0.39, 0.29) is 11.4 Å². The number of phenolic OH excluding ortho intramolecular Hbond substituents is 1. The molecule has 5 heteroatoms. The first-order valence-electron chi connectivity index (χ1n) is 5.59. The van der Waals surface area contributed by atoms with Gasteiger partial charge in [-0.15, -0.1) is 0 Å². The van der Waals surface area contributed by atoms with Gasteiger partial charge in [-0.1, -0.05) is 19.8 Å². The van der Waals surface area contributed by atoms with Crippen LogP contribution in [0.15, 0.2) is 12.1 Å². The SMILES string of the molecule is CCCCCc1cc(O)c(N)c(C=S(=O)=O)c1. The summed E-state index contributed by atoms with van der Waals surface area (Å²) in [6.45, 7) is 2.11. The second-order valence-electron chi connectivity index (χ2n) is 3.95. The highest BCUT2D eigenvalue weighted by molar-refractivity contribution is 7.71. The van der Waals surface area contributed by atoms with Gasteiger partial charge in [-0.3, -0.25) is 0 Å². The molecule has 3 N–H and O–H groups in total. The molecule has 0 heterocycles. The fraction of sp³-hybridized carbons (Fsp3) is 0.417. The van der Waals surface area contributed by atoms with Gasteiger partial charge in [-0.25, -0.2) is 0 Å². The molecule has 0 aromatic heterocycles. The summed E-state index contributed by atoms with van der Waals surface area (Å²) < 4.78 is 21.2. The summed E-state index contributed by atoms with van der Waals surface area (Å²) in [5.41, 5.74) is 6.96. The van der Waals surface area contributed by atoms with Crippen molar-refractivity contribution in [1.82, 2.24) is 0 Å². The van der Waals surface area contributed by atoms with E-state index in [0.29, 0.717) is 5.56 Å². The quantitative estimate of drug-likeness (QED) is 0.363. The Bertz CT molecular complexity index is 513. The fourth-order valence-corrected chi connectivity index (χ4v) is 2.05. The highest BCUT2D eigenvalue weighted by Crippen LogP contribution is 2.25. The van der Waals surface area contributed by atoms with Crippen molar-refractivity contribution >= 4 is 21.3 Å².